The normalized spacial score (nSPS) is 43.2. The minimum Gasteiger partial charge on any atom is -0.352 e. The first-order valence-corrected chi connectivity index (χ1v) is 7.30. The van der Waals surface area contributed by atoms with Crippen LogP contribution in [0.25, 0.3) is 0 Å². The van der Waals surface area contributed by atoms with Crippen molar-refractivity contribution in [3.05, 3.63) is 0 Å². The van der Waals surface area contributed by atoms with Gasteiger partial charge in [-0.3, -0.25) is 0 Å². The highest BCUT2D eigenvalue weighted by atomic mass is 16.7. The average Bonchev–Trinajstić information content (AvgIpc) is 2.29. The summed E-state index contributed by atoms with van der Waals surface area (Å²) < 4.78 is 11.9. The summed E-state index contributed by atoms with van der Waals surface area (Å²) in [7, 11) is 0. The van der Waals surface area contributed by atoms with Gasteiger partial charge in [-0.25, -0.2) is 0 Å². The molecule has 0 unspecified atom stereocenters. The van der Waals surface area contributed by atoms with Crippen LogP contribution in [-0.2, 0) is 9.47 Å². The van der Waals surface area contributed by atoms with Gasteiger partial charge in [0.15, 0.2) is 6.29 Å². The van der Waals surface area contributed by atoms with E-state index in [1.165, 1.54) is 19.3 Å². The summed E-state index contributed by atoms with van der Waals surface area (Å²) in [6.45, 7) is 11.1. The molecular weight excluding hydrogens is 212 g/mol. The van der Waals surface area contributed by atoms with Gasteiger partial charge in [0.2, 0.25) is 0 Å². The van der Waals surface area contributed by atoms with E-state index in [1.54, 1.807) is 0 Å². The number of hydrogen-bond acceptors (Lipinski definition) is 2. The average molecular weight is 240 g/mol. The van der Waals surface area contributed by atoms with Gasteiger partial charge in [0.25, 0.3) is 0 Å². The first-order chi connectivity index (χ1) is 8.07. The molecule has 17 heavy (non-hydrogen) atoms. The SMILES string of the molecule is CCC1OCC2(CO1)C[C@H](C)CC[C@H]2C(C)C. The van der Waals surface area contributed by atoms with Crippen molar-refractivity contribution in [2.75, 3.05) is 13.2 Å². The Morgan fingerprint density at radius 1 is 1.18 bits per heavy atom. The van der Waals surface area contributed by atoms with Crippen LogP contribution in [0.2, 0.25) is 0 Å². The van der Waals surface area contributed by atoms with E-state index in [9.17, 15) is 0 Å². The lowest BCUT2D eigenvalue weighted by atomic mass is 9.60. The summed E-state index contributed by atoms with van der Waals surface area (Å²) >= 11 is 0. The molecule has 1 spiro atoms. The highest BCUT2D eigenvalue weighted by molar-refractivity contribution is 4.94. The molecule has 2 nitrogen and oxygen atoms in total. The van der Waals surface area contributed by atoms with Crippen molar-refractivity contribution in [2.24, 2.45) is 23.2 Å². The van der Waals surface area contributed by atoms with E-state index in [0.717, 1.165) is 37.4 Å². The van der Waals surface area contributed by atoms with Crippen molar-refractivity contribution in [2.45, 2.75) is 59.7 Å². The zero-order chi connectivity index (χ0) is 12.5. The molecule has 1 aliphatic heterocycles. The van der Waals surface area contributed by atoms with Crippen LogP contribution in [-0.4, -0.2) is 19.5 Å². The molecule has 2 aliphatic rings. The van der Waals surface area contributed by atoms with Crippen molar-refractivity contribution in [3.8, 4) is 0 Å². The molecule has 0 aromatic rings. The van der Waals surface area contributed by atoms with Gasteiger partial charge in [0.1, 0.15) is 0 Å². The largest absolute Gasteiger partial charge is 0.352 e. The maximum Gasteiger partial charge on any atom is 0.157 e. The van der Waals surface area contributed by atoms with Crippen LogP contribution in [0.3, 0.4) is 0 Å². The first-order valence-electron chi connectivity index (χ1n) is 7.30. The molecule has 1 saturated carbocycles. The van der Waals surface area contributed by atoms with Crippen LogP contribution < -0.4 is 0 Å². The second-order valence-electron chi connectivity index (χ2n) is 6.56. The van der Waals surface area contributed by atoms with Crippen molar-refractivity contribution in [3.63, 3.8) is 0 Å². The Balaban J connectivity index is 2.08. The Kier molecular flexibility index (Phi) is 4.14. The quantitative estimate of drug-likeness (QED) is 0.730. The predicted molar refractivity (Wildman–Crippen MR) is 69.8 cm³/mol. The van der Waals surface area contributed by atoms with Crippen molar-refractivity contribution in [1.29, 1.82) is 0 Å². The van der Waals surface area contributed by atoms with Crippen LogP contribution in [0.15, 0.2) is 0 Å². The number of rotatable bonds is 2. The maximum absolute atomic E-state index is 5.93. The fraction of sp³-hybridized carbons (Fsp3) is 1.00. The van der Waals surface area contributed by atoms with Crippen LogP contribution in [0.4, 0.5) is 0 Å². The van der Waals surface area contributed by atoms with E-state index >= 15 is 0 Å². The highest BCUT2D eigenvalue weighted by Gasteiger charge is 2.47. The molecule has 0 bridgehead atoms. The van der Waals surface area contributed by atoms with Crippen molar-refractivity contribution in [1.82, 2.24) is 0 Å². The molecule has 100 valence electrons. The van der Waals surface area contributed by atoms with Gasteiger partial charge in [-0.1, -0.05) is 34.1 Å². The topological polar surface area (TPSA) is 18.5 Å². The van der Waals surface area contributed by atoms with Crippen LogP contribution in [0.5, 0.6) is 0 Å². The Hall–Kier alpha value is -0.0800. The lowest BCUT2D eigenvalue weighted by Crippen LogP contribution is -2.50. The standard InChI is InChI=1S/C15H28O2/c1-5-14-16-9-15(10-17-14)8-12(4)6-7-13(15)11(2)3/h11-14H,5-10H2,1-4H3/t12-,13+,14?,15?/m1/s1. The third kappa shape index (κ3) is 2.68. The third-order valence-corrected chi connectivity index (χ3v) is 4.76. The van der Waals surface area contributed by atoms with Gasteiger partial charge in [-0.15, -0.1) is 0 Å². The highest BCUT2D eigenvalue weighted by Crippen LogP contribution is 2.49. The lowest BCUT2D eigenvalue weighted by Gasteiger charge is -2.51. The summed E-state index contributed by atoms with van der Waals surface area (Å²) in [4.78, 5) is 0. The van der Waals surface area contributed by atoms with Gasteiger partial charge in [-0.2, -0.15) is 0 Å². The molecule has 0 N–H and O–H groups in total. The van der Waals surface area contributed by atoms with E-state index < -0.39 is 0 Å². The van der Waals surface area contributed by atoms with E-state index in [1.807, 2.05) is 0 Å². The zero-order valence-corrected chi connectivity index (χ0v) is 11.9. The molecule has 1 saturated heterocycles. The second-order valence-corrected chi connectivity index (χ2v) is 6.56. The molecule has 1 heterocycles. The molecule has 0 radical (unpaired) electrons. The zero-order valence-electron chi connectivity index (χ0n) is 11.9. The van der Waals surface area contributed by atoms with Crippen molar-refractivity contribution >= 4 is 0 Å². The predicted octanol–water partition coefficient (Wildman–Crippen LogP) is 3.85. The first kappa shape index (κ1) is 13.4. The summed E-state index contributed by atoms with van der Waals surface area (Å²) in [5.74, 6) is 2.35. The molecule has 0 aromatic carbocycles. The minimum absolute atomic E-state index is 0.0469. The number of ether oxygens (including phenoxy) is 2. The van der Waals surface area contributed by atoms with E-state index in [-0.39, 0.29) is 6.29 Å². The Morgan fingerprint density at radius 2 is 1.82 bits per heavy atom. The van der Waals surface area contributed by atoms with Gasteiger partial charge < -0.3 is 9.47 Å². The molecule has 1 aliphatic carbocycles. The number of hydrogen-bond donors (Lipinski definition) is 0. The molecular formula is C15H28O2. The van der Waals surface area contributed by atoms with E-state index in [0.29, 0.717) is 5.41 Å². The Labute approximate surface area is 106 Å². The summed E-state index contributed by atoms with van der Waals surface area (Å²) in [6, 6.07) is 0. The molecule has 2 atom stereocenters. The van der Waals surface area contributed by atoms with E-state index in [4.69, 9.17) is 9.47 Å². The lowest BCUT2D eigenvalue weighted by molar-refractivity contribution is -0.254. The monoisotopic (exact) mass is 240 g/mol. The third-order valence-electron chi connectivity index (χ3n) is 4.76. The molecule has 0 amide bonds. The van der Waals surface area contributed by atoms with Gasteiger partial charge in [0, 0.05) is 5.41 Å². The molecule has 2 fully saturated rings. The molecule has 2 heteroatoms. The van der Waals surface area contributed by atoms with Gasteiger partial charge >= 0.3 is 0 Å². The Bertz CT molecular complexity index is 241. The fourth-order valence-electron chi connectivity index (χ4n) is 3.93. The van der Waals surface area contributed by atoms with Gasteiger partial charge in [0.05, 0.1) is 13.2 Å². The fourth-order valence-corrected chi connectivity index (χ4v) is 3.93. The summed E-state index contributed by atoms with van der Waals surface area (Å²) in [5.41, 5.74) is 0.303. The Morgan fingerprint density at radius 3 is 2.35 bits per heavy atom. The smallest absolute Gasteiger partial charge is 0.157 e. The second kappa shape index (κ2) is 5.27. The molecule has 2 rings (SSSR count). The van der Waals surface area contributed by atoms with Crippen LogP contribution >= 0.6 is 0 Å². The van der Waals surface area contributed by atoms with Crippen LogP contribution in [0, 0.1) is 23.2 Å². The summed E-state index contributed by atoms with van der Waals surface area (Å²) in [6.07, 6.45) is 5.03. The minimum atomic E-state index is 0.0469. The van der Waals surface area contributed by atoms with Gasteiger partial charge in [-0.05, 0) is 37.0 Å². The summed E-state index contributed by atoms with van der Waals surface area (Å²) in [5, 5.41) is 0. The van der Waals surface area contributed by atoms with Crippen molar-refractivity contribution < 1.29 is 9.47 Å². The van der Waals surface area contributed by atoms with E-state index in [2.05, 4.69) is 27.7 Å². The maximum atomic E-state index is 5.93. The van der Waals surface area contributed by atoms with Crippen LogP contribution in [0.1, 0.15) is 53.4 Å². The molecule has 0 aromatic heterocycles.